The standard InChI is InChI=1S/C10H14OS/c1-2-9-3-5-10(6-4-9)11-7-8-12/h3-6,12H,2,7-8H2,1H3. The van der Waals surface area contributed by atoms with E-state index in [9.17, 15) is 0 Å². The van der Waals surface area contributed by atoms with Gasteiger partial charge in [-0.1, -0.05) is 19.1 Å². The maximum absolute atomic E-state index is 5.38. The van der Waals surface area contributed by atoms with Crippen LogP contribution in [0.25, 0.3) is 0 Å². The third kappa shape index (κ3) is 2.78. The molecule has 1 nitrogen and oxygen atoms in total. The molecule has 0 fully saturated rings. The molecule has 0 aliphatic carbocycles. The summed E-state index contributed by atoms with van der Waals surface area (Å²) in [6.07, 6.45) is 1.08. The SMILES string of the molecule is CCc1ccc(OCCS)cc1. The summed E-state index contributed by atoms with van der Waals surface area (Å²) in [5, 5.41) is 0. The number of benzene rings is 1. The summed E-state index contributed by atoms with van der Waals surface area (Å²) in [5.74, 6) is 1.69. The van der Waals surface area contributed by atoms with Crippen molar-refractivity contribution >= 4 is 12.6 Å². The molecule has 0 aliphatic heterocycles. The van der Waals surface area contributed by atoms with Gasteiger partial charge in [0.05, 0.1) is 6.61 Å². The molecule has 66 valence electrons. The lowest BCUT2D eigenvalue weighted by atomic mass is 10.2. The smallest absolute Gasteiger partial charge is 0.119 e. The number of aryl methyl sites for hydroxylation is 1. The maximum atomic E-state index is 5.38. The molecule has 0 radical (unpaired) electrons. The van der Waals surface area contributed by atoms with Gasteiger partial charge in [0.15, 0.2) is 0 Å². The van der Waals surface area contributed by atoms with E-state index in [0.717, 1.165) is 17.9 Å². The minimum Gasteiger partial charge on any atom is -0.493 e. The summed E-state index contributed by atoms with van der Waals surface area (Å²) in [7, 11) is 0. The lowest BCUT2D eigenvalue weighted by Gasteiger charge is -2.04. The second-order valence-corrected chi connectivity index (χ2v) is 3.02. The van der Waals surface area contributed by atoms with E-state index in [2.05, 4.69) is 31.7 Å². The number of ether oxygens (including phenoxy) is 1. The van der Waals surface area contributed by atoms with E-state index in [4.69, 9.17) is 4.74 Å². The Bertz CT molecular complexity index is 218. The van der Waals surface area contributed by atoms with Crippen molar-refractivity contribution in [3.8, 4) is 5.75 Å². The molecule has 0 aliphatic rings. The van der Waals surface area contributed by atoms with Crippen LogP contribution in [0, 0.1) is 0 Å². The molecule has 0 saturated carbocycles. The fourth-order valence-electron chi connectivity index (χ4n) is 0.985. The predicted molar refractivity (Wildman–Crippen MR) is 55.2 cm³/mol. The first-order valence-electron chi connectivity index (χ1n) is 4.19. The van der Waals surface area contributed by atoms with Crippen molar-refractivity contribution in [3.05, 3.63) is 29.8 Å². The van der Waals surface area contributed by atoms with Crippen LogP contribution in [0.4, 0.5) is 0 Å². The Kier molecular flexibility index (Phi) is 4.01. The van der Waals surface area contributed by atoms with Crippen LogP contribution >= 0.6 is 12.6 Å². The zero-order valence-electron chi connectivity index (χ0n) is 7.29. The van der Waals surface area contributed by atoms with Crippen LogP contribution in [0.3, 0.4) is 0 Å². The molecule has 12 heavy (non-hydrogen) atoms. The molecule has 0 aromatic heterocycles. The summed E-state index contributed by atoms with van der Waals surface area (Å²) >= 11 is 4.06. The Morgan fingerprint density at radius 3 is 2.42 bits per heavy atom. The highest BCUT2D eigenvalue weighted by atomic mass is 32.1. The highest BCUT2D eigenvalue weighted by molar-refractivity contribution is 7.80. The van der Waals surface area contributed by atoms with Crippen molar-refractivity contribution in [3.63, 3.8) is 0 Å². The molecule has 0 amide bonds. The maximum Gasteiger partial charge on any atom is 0.119 e. The number of hydrogen-bond donors (Lipinski definition) is 1. The number of rotatable bonds is 4. The van der Waals surface area contributed by atoms with Gasteiger partial charge in [-0.05, 0) is 24.1 Å². The van der Waals surface area contributed by atoms with E-state index in [0.29, 0.717) is 6.61 Å². The highest BCUT2D eigenvalue weighted by Gasteiger charge is 1.92. The molecule has 2 heteroatoms. The zero-order chi connectivity index (χ0) is 8.81. The van der Waals surface area contributed by atoms with Crippen molar-refractivity contribution < 1.29 is 4.74 Å². The molecule has 0 unspecified atom stereocenters. The average Bonchev–Trinajstić information content (AvgIpc) is 2.15. The summed E-state index contributed by atoms with van der Waals surface area (Å²) < 4.78 is 5.38. The van der Waals surface area contributed by atoms with Crippen LogP contribution in [-0.2, 0) is 6.42 Å². The minimum atomic E-state index is 0.675. The summed E-state index contributed by atoms with van der Waals surface area (Å²) in [6, 6.07) is 8.19. The van der Waals surface area contributed by atoms with Gasteiger partial charge in [0.25, 0.3) is 0 Å². The van der Waals surface area contributed by atoms with Gasteiger partial charge in [-0.3, -0.25) is 0 Å². The minimum absolute atomic E-state index is 0.675. The van der Waals surface area contributed by atoms with Crippen LogP contribution < -0.4 is 4.74 Å². The molecule has 1 aromatic carbocycles. The lowest BCUT2D eigenvalue weighted by Crippen LogP contribution is -1.97. The Balaban J connectivity index is 2.53. The van der Waals surface area contributed by atoms with E-state index in [-0.39, 0.29) is 0 Å². The largest absolute Gasteiger partial charge is 0.493 e. The van der Waals surface area contributed by atoms with Crippen molar-refractivity contribution in [1.82, 2.24) is 0 Å². The second-order valence-electron chi connectivity index (χ2n) is 2.57. The number of hydrogen-bond acceptors (Lipinski definition) is 2. The monoisotopic (exact) mass is 182 g/mol. The van der Waals surface area contributed by atoms with Gasteiger partial charge in [-0.25, -0.2) is 0 Å². The first-order chi connectivity index (χ1) is 5.86. The van der Waals surface area contributed by atoms with E-state index < -0.39 is 0 Å². The van der Waals surface area contributed by atoms with Gasteiger partial charge in [-0.15, -0.1) is 0 Å². The Morgan fingerprint density at radius 2 is 1.92 bits per heavy atom. The molecule has 1 aromatic rings. The Morgan fingerprint density at radius 1 is 1.25 bits per heavy atom. The lowest BCUT2D eigenvalue weighted by molar-refractivity contribution is 0.344. The van der Waals surface area contributed by atoms with E-state index >= 15 is 0 Å². The average molecular weight is 182 g/mol. The van der Waals surface area contributed by atoms with Crippen molar-refractivity contribution in [2.75, 3.05) is 12.4 Å². The molecule has 0 saturated heterocycles. The van der Waals surface area contributed by atoms with E-state index in [1.807, 2.05) is 12.1 Å². The highest BCUT2D eigenvalue weighted by Crippen LogP contribution is 2.12. The van der Waals surface area contributed by atoms with Gasteiger partial charge < -0.3 is 4.74 Å². The Labute approximate surface area is 79.2 Å². The molecule has 0 heterocycles. The van der Waals surface area contributed by atoms with Crippen LogP contribution in [-0.4, -0.2) is 12.4 Å². The van der Waals surface area contributed by atoms with Gasteiger partial charge in [0.1, 0.15) is 5.75 Å². The Hall–Kier alpha value is -0.630. The zero-order valence-corrected chi connectivity index (χ0v) is 8.18. The molecule has 0 spiro atoms. The second kappa shape index (κ2) is 5.09. The van der Waals surface area contributed by atoms with E-state index in [1.54, 1.807) is 0 Å². The van der Waals surface area contributed by atoms with Crippen LogP contribution in [0.1, 0.15) is 12.5 Å². The normalized spacial score (nSPS) is 9.83. The topological polar surface area (TPSA) is 9.23 Å². The molecule has 0 N–H and O–H groups in total. The van der Waals surface area contributed by atoms with Gasteiger partial charge in [0.2, 0.25) is 0 Å². The summed E-state index contributed by atoms with van der Waals surface area (Å²) in [5.41, 5.74) is 1.34. The van der Waals surface area contributed by atoms with Gasteiger partial charge >= 0.3 is 0 Å². The third-order valence-corrected chi connectivity index (χ3v) is 1.87. The van der Waals surface area contributed by atoms with Crippen LogP contribution in [0.2, 0.25) is 0 Å². The number of thiol groups is 1. The molecular weight excluding hydrogens is 168 g/mol. The fraction of sp³-hybridized carbons (Fsp3) is 0.400. The molecule has 0 atom stereocenters. The van der Waals surface area contributed by atoms with Crippen molar-refractivity contribution in [2.24, 2.45) is 0 Å². The summed E-state index contributed by atoms with van der Waals surface area (Å²) in [4.78, 5) is 0. The first-order valence-corrected chi connectivity index (χ1v) is 4.82. The van der Waals surface area contributed by atoms with Crippen LogP contribution in [0.15, 0.2) is 24.3 Å². The summed E-state index contributed by atoms with van der Waals surface area (Å²) in [6.45, 7) is 2.82. The fourth-order valence-corrected chi connectivity index (χ4v) is 1.08. The third-order valence-electron chi connectivity index (χ3n) is 1.69. The molecule has 0 bridgehead atoms. The predicted octanol–water partition coefficient (Wildman–Crippen LogP) is 2.56. The van der Waals surface area contributed by atoms with E-state index in [1.165, 1.54) is 5.56 Å². The molecular formula is C10H14OS. The van der Waals surface area contributed by atoms with Crippen molar-refractivity contribution in [1.29, 1.82) is 0 Å². The van der Waals surface area contributed by atoms with Gasteiger partial charge in [-0.2, -0.15) is 12.6 Å². The van der Waals surface area contributed by atoms with Gasteiger partial charge in [0, 0.05) is 5.75 Å². The van der Waals surface area contributed by atoms with Crippen molar-refractivity contribution in [2.45, 2.75) is 13.3 Å². The quantitative estimate of drug-likeness (QED) is 0.704. The first kappa shape index (κ1) is 9.46. The van der Waals surface area contributed by atoms with Crippen LogP contribution in [0.5, 0.6) is 5.75 Å². The molecule has 1 rings (SSSR count).